The van der Waals surface area contributed by atoms with E-state index in [1.807, 2.05) is 18.2 Å². The number of benzene rings is 2. The van der Waals surface area contributed by atoms with Gasteiger partial charge in [0.1, 0.15) is 0 Å². The smallest absolute Gasteiger partial charge is 0.238 e. The number of halogens is 2. The van der Waals surface area contributed by atoms with E-state index in [0.29, 0.717) is 26.5 Å². The van der Waals surface area contributed by atoms with Gasteiger partial charge in [0, 0.05) is 0 Å². The number of hydrogen-bond acceptors (Lipinski definition) is 7. The van der Waals surface area contributed by atoms with E-state index in [2.05, 4.69) is 31.4 Å². The summed E-state index contributed by atoms with van der Waals surface area (Å²) in [7, 11) is -3.88. The third-order valence-electron chi connectivity index (χ3n) is 4.81. The van der Waals surface area contributed by atoms with Crippen LogP contribution in [0.2, 0.25) is 5.02 Å². The highest BCUT2D eigenvalue weighted by molar-refractivity contribution is 9.10. The fourth-order valence-corrected chi connectivity index (χ4v) is 5.19. The summed E-state index contributed by atoms with van der Waals surface area (Å²) in [6, 6.07) is 9.77. The van der Waals surface area contributed by atoms with Crippen LogP contribution in [0.4, 0.5) is 11.4 Å². The molecular formula is C19H18BrClN6O3S2. The molecule has 9 nitrogen and oxygen atoms in total. The first-order chi connectivity index (χ1) is 15.1. The third-order valence-corrected chi connectivity index (χ3v) is 7.47. The van der Waals surface area contributed by atoms with Gasteiger partial charge in [0.15, 0.2) is 5.16 Å². The highest BCUT2D eigenvalue weighted by atomic mass is 79.9. The molecule has 0 radical (unpaired) electrons. The molecule has 1 aliphatic carbocycles. The summed E-state index contributed by atoms with van der Waals surface area (Å²) in [6.45, 7) is 0. The topological polar surface area (TPSA) is 146 Å². The fraction of sp³-hybridized carbons (Fsp3) is 0.211. The summed E-state index contributed by atoms with van der Waals surface area (Å²) in [5.74, 6) is 0.236. The van der Waals surface area contributed by atoms with E-state index in [-0.39, 0.29) is 27.9 Å². The summed E-state index contributed by atoms with van der Waals surface area (Å²) >= 11 is 11.1. The van der Waals surface area contributed by atoms with Crippen LogP contribution in [0.3, 0.4) is 0 Å². The Morgan fingerprint density at radius 2 is 2.00 bits per heavy atom. The first kappa shape index (κ1) is 23.1. The SMILES string of the molecule is Nc1cc(S(N)(=O)=O)ccc1NC(=O)CSc1nnc(Br)n1-c1ccc(C2CC2)cc1Cl. The minimum absolute atomic E-state index is 0.0132. The first-order valence-electron chi connectivity index (χ1n) is 9.39. The Morgan fingerprint density at radius 1 is 1.25 bits per heavy atom. The van der Waals surface area contributed by atoms with E-state index in [0.717, 1.165) is 0 Å². The van der Waals surface area contributed by atoms with Crippen LogP contribution >= 0.6 is 39.3 Å². The van der Waals surface area contributed by atoms with Gasteiger partial charge >= 0.3 is 0 Å². The molecule has 1 fully saturated rings. The Bertz CT molecular complexity index is 1310. The molecule has 1 aliphatic rings. The number of sulfonamides is 1. The van der Waals surface area contributed by atoms with Crippen LogP contribution < -0.4 is 16.2 Å². The van der Waals surface area contributed by atoms with Gasteiger partial charge in [0.25, 0.3) is 0 Å². The lowest BCUT2D eigenvalue weighted by molar-refractivity contribution is -0.113. The average molecular weight is 558 g/mol. The third kappa shape index (κ3) is 5.09. The molecule has 5 N–H and O–H groups in total. The molecule has 0 atom stereocenters. The lowest BCUT2D eigenvalue weighted by Crippen LogP contribution is -2.17. The minimum atomic E-state index is -3.88. The Hall–Kier alpha value is -2.12. The number of carbonyl (C=O) groups is 1. The van der Waals surface area contributed by atoms with Gasteiger partial charge in [-0.1, -0.05) is 29.4 Å². The van der Waals surface area contributed by atoms with Crippen LogP contribution in [0.1, 0.15) is 24.3 Å². The van der Waals surface area contributed by atoms with Gasteiger partial charge in [-0.05, 0) is 70.6 Å². The number of thioether (sulfide) groups is 1. The van der Waals surface area contributed by atoms with Crippen molar-refractivity contribution < 1.29 is 13.2 Å². The highest BCUT2D eigenvalue weighted by Gasteiger charge is 2.25. The van der Waals surface area contributed by atoms with Crippen LogP contribution in [0.5, 0.6) is 0 Å². The molecule has 3 aromatic rings. The number of nitrogens with zero attached hydrogens (tertiary/aromatic N) is 3. The molecule has 0 saturated heterocycles. The number of nitrogens with one attached hydrogen (secondary N) is 1. The van der Waals surface area contributed by atoms with E-state index < -0.39 is 10.0 Å². The Kier molecular flexibility index (Phi) is 6.50. The zero-order chi connectivity index (χ0) is 23.0. The maximum Gasteiger partial charge on any atom is 0.238 e. The van der Waals surface area contributed by atoms with Crippen molar-refractivity contribution in [3.63, 3.8) is 0 Å². The van der Waals surface area contributed by atoms with Crippen LogP contribution in [0.15, 0.2) is 51.2 Å². The molecule has 2 aromatic carbocycles. The lowest BCUT2D eigenvalue weighted by Gasteiger charge is -2.12. The molecule has 1 amide bonds. The van der Waals surface area contributed by atoms with Gasteiger partial charge in [0.05, 0.1) is 32.7 Å². The monoisotopic (exact) mass is 556 g/mol. The van der Waals surface area contributed by atoms with Crippen LogP contribution in [0.25, 0.3) is 5.69 Å². The summed E-state index contributed by atoms with van der Waals surface area (Å²) < 4.78 is 25.0. The number of amides is 1. The highest BCUT2D eigenvalue weighted by Crippen LogP contribution is 2.42. The van der Waals surface area contributed by atoms with Gasteiger partial charge in [-0.2, -0.15) is 0 Å². The quantitative estimate of drug-likeness (QED) is 0.297. The predicted molar refractivity (Wildman–Crippen MR) is 128 cm³/mol. The summed E-state index contributed by atoms with van der Waals surface area (Å²) in [4.78, 5) is 12.3. The van der Waals surface area contributed by atoms with Gasteiger partial charge < -0.3 is 11.1 Å². The van der Waals surface area contributed by atoms with Crippen molar-refractivity contribution in [1.29, 1.82) is 0 Å². The van der Waals surface area contributed by atoms with Gasteiger partial charge in [-0.25, -0.2) is 13.6 Å². The summed E-state index contributed by atoms with van der Waals surface area (Å²) in [6.07, 6.45) is 2.36. The van der Waals surface area contributed by atoms with E-state index in [4.69, 9.17) is 22.5 Å². The largest absolute Gasteiger partial charge is 0.397 e. The Balaban J connectivity index is 1.47. The van der Waals surface area contributed by atoms with Crippen molar-refractivity contribution >= 4 is 66.6 Å². The average Bonchev–Trinajstić information content (AvgIpc) is 3.51. The van der Waals surface area contributed by atoms with Crippen molar-refractivity contribution in [2.24, 2.45) is 5.14 Å². The molecule has 0 bridgehead atoms. The summed E-state index contributed by atoms with van der Waals surface area (Å²) in [5.41, 5.74) is 8.13. The normalized spacial score (nSPS) is 13.8. The second-order valence-corrected chi connectivity index (χ2v) is 10.8. The van der Waals surface area contributed by atoms with Gasteiger partial charge in [0.2, 0.25) is 20.7 Å². The molecule has 1 aromatic heterocycles. The van der Waals surface area contributed by atoms with E-state index in [1.54, 1.807) is 4.57 Å². The second kappa shape index (κ2) is 9.02. The number of anilines is 2. The van der Waals surface area contributed by atoms with Gasteiger partial charge in [-0.15, -0.1) is 10.2 Å². The van der Waals surface area contributed by atoms with Crippen molar-refractivity contribution in [2.75, 3.05) is 16.8 Å². The van der Waals surface area contributed by atoms with Crippen LogP contribution in [-0.2, 0) is 14.8 Å². The Morgan fingerprint density at radius 3 is 2.62 bits per heavy atom. The number of hydrogen-bond donors (Lipinski definition) is 3. The molecular weight excluding hydrogens is 540 g/mol. The van der Waals surface area contributed by atoms with Crippen molar-refractivity contribution in [3.8, 4) is 5.69 Å². The fourth-order valence-electron chi connectivity index (χ4n) is 3.07. The number of carbonyl (C=O) groups excluding carboxylic acids is 1. The minimum Gasteiger partial charge on any atom is -0.397 e. The second-order valence-electron chi connectivity index (χ2n) is 7.20. The number of rotatable bonds is 7. The molecule has 32 heavy (non-hydrogen) atoms. The van der Waals surface area contributed by atoms with Crippen molar-refractivity contribution in [1.82, 2.24) is 14.8 Å². The standard InChI is InChI=1S/C19H18BrClN6O3S2/c20-18-25-26-19(27(18)16-6-3-11(7-13(16)21)10-1-2-10)31-9-17(28)24-15-5-4-12(8-14(15)22)32(23,29)30/h3-8,10H,1-2,9,22H2,(H,24,28)(H2,23,29,30). The zero-order valence-corrected chi connectivity index (χ0v) is 20.4. The van der Waals surface area contributed by atoms with E-state index in [9.17, 15) is 13.2 Å². The zero-order valence-electron chi connectivity index (χ0n) is 16.5. The van der Waals surface area contributed by atoms with E-state index in [1.165, 1.54) is 48.4 Å². The van der Waals surface area contributed by atoms with Crippen LogP contribution in [-0.4, -0.2) is 34.8 Å². The maximum absolute atomic E-state index is 12.4. The summed E-state index contributed by atoms with van der Waals surface area (Å²) in [5, 5.41) is 17.0. The molecule has 1 heterocycles. The number of nitrogens with two attached hydrogens (primary N) is 2. The van der Waals surface area contributed by atoms with Crippen molar-refractivity contribution in [3.05, 3.63) is 51.7 Å². The number of primary sulfonamides is 1. The first-order valence-corrected chi connectivity index (χ1v) is 13.1. The molecule has 0 aliphatic heterocycles. The van der Waals surface area contributed by atoms with E-state index >= 15 is 0 Å². The lowest BCUT2D eigenvalue weighted by atomic mass is 10.1. The predicted octanol–water partition coefficient (Wildman–Crippen LogP) is 3.52. The maximum atomic E-state index is 12.4. The Labute approximate surface area is 202 Å². The molecule has 4 rings (SSSR count). The number of nitrogen functional groups attached to an aromatic ring is 1. The molecule has 0 unspecified atom stereocenters. The molecule has 0 spiro atoms. The molecule has 168 valence electrons. The number of aromatic nitrogens is 3. The van der Waals surface area contributed by atoms with Gasteiger partial charge in [-0.3, -0.25) is 9.36 Å². The molecule has 13 heteroatoms. The van der Waals surface area contributed by atoms with Crippen LogP contribution in [0, 0.1) is 0 Å². The molecule has 1 saturated carbocycles. The van der Waals surface area contributed by atoms with Crippen molar-refractivity contribution in [2.45, 2.75) is 28.8 Å².